The fourth-order valence-electron chi connectivity index (χ4n) is 4.80. The third-order valence-corrected chi connectivity index (χ3v) is 7.80. The van der Waals surface area contributed by atoms with Crippen molar-refractivity contribution in [2.75, 3.05) is 18.3 Å². The summed E-state index contributed by atoms with van der Waals surface area (Å²) in [5.41, 5.74) is 1.11. The molecule has 1 aromatic heterocycles. The standard InChI is InChI=1S/C26H24F3N3O4S/c1-3-36-19-9-6-7-16-13-37-20-10-5-4-8-17(20)22(21(16)19)32-14-30(15(2)26(27,28)29)25(35)23-24(34)18(33)11-12-31(23)32/h4-12,15,22,34H,3,13-14H2,1-2H3/t15-,22-/m1/s1. The zero-order valence-corrected chi connectivity index (χ0v) is 20.8. The van der Waals surface area contributed by atoms with Crippen LogP contribution in [0.4, 0.5) is 13.2 Å². The predicted octanol–water partition coefficient (Wildman–Crippen LogP) is 4.65. The number of rotatable bonds is 4. The summed E-state index contributed by atoms with van der Waals surface area (Å²) in [5.74, 6) is -0.805. The number of ether oxygens (including phenoxy) is 1. The van der Waals surface area contributed by atoms with Crippen LogP contribution in [-0.4, -0.2) is 46.1 Å². The van der Waals surface area contributed by atoms with Crippen molar-refractivity contribution in [3.8, 4) is 11.5 Å². The molecule has 2 aliphatic rings. The van der Waals surface area contributed by atoms with Crippen molar-refractivity contribution >= 4 is 17.7 Å². The number of pyridine rings is 1. The third-order valence-electron chi connectivity index (χ3n) is 6.66. The van der Waals surface area contributed by atoms with E-state index < -0.39 is 47.7 Å². The molecule has 37 heavy (non-hydrogen) atoms. The summed E-state index contributed by atoms with van der Waals surface area (Å²) in [4.78, 5) is 27.1. The minimum absolute atomic E-state index is 0.373. The Balaban J connectivity index is 1.81. The topological polar surface area (TPSA) is 75.0 Å². The molecule has 0 bridgehead atoms. The highest BCUT2D eigenvalue weighted by Crippen LogP contribution is 2.46. The number of halogens is 3. The molecular formula is C26H24F3N3O4S. The van der Waals surface area contributed by atoms with E-state index in [1.54, 1.807) is 16.8 Å². The van der Waals surface area contributed by atoms with E-state index in [1.807, 2.05) is 49.4 Å². The first-order valence-electron chi connectivity index (χ1n) is 11.7. The number of alkyl halides is 3. The number of carbonyl (C=O) groups is 1. The number of nitrogens with zero attached hydrogens (tertiary/aromatic N) is 3. The average Bonchev–Trinajstić information content (AvgIpc) is 3.03. The molecule has 0 fully saturated rings. The maximum atomic E-state index is 13.9. The molecule has 1 amide bonds. The van der Waals surface area contributed by atoms with Gasteiger partial charge in [-0.05, 0) is 37.1 Å². The maximum absolute atomic E-state index is 13.9. The lowest BCUT2D eigenvalue weighted by Gasteiger charge is -2.46. The van der Waals surface area contributed by atoms with Crippen molar-refractivity contribution in [3.63, 3.8) is 0 Å². The third kappa shape index (κ3) is 4.20. The highest BCUT2D eigenvalue weighted by Gasteiger charge is 2.48. The Kier molecular flexibility index (Phi) is 6.35. The molecule has 3 aromatic rings. The van der Waals surface area contributed by atoms with E-state index in [-0.39, 0.29) is 0 Å². The van der Waals surface area contributed by atoms with Crippen LogP contribution in [0.15, 0.2) is 64.4 Å². The lowest BCUT2D eigenvalue weighted by atomic mass is 9.93. The molecule has 1 N–H and O–H groups in total. The molecule has 11 heteroatoms. The summed E-state index contributed by atoms with van der Waals surface area (Å²) >= 11 is 1.59. The molecule has 0 saturated heterocycles. The number of hydrogen-bond acceptors (Lipinski definition) is 6. The van der Waals surface area contributed by atoms with E-state index in [4.69, 9.17) is 4.74 Å². The fourth-order valence-corrected chi connectivity index (χ4v) is 5.89. The van der Waals surface area contributed by atoms with Crippen LogP contribution in [0.1, 0.15) is 47.1 Å². The van der Waals surface area contributed by atoms with E-state index >= 15 is 0 Å². The summed E-state index contributed by atoms with van der Waals surface area (Å²) in [7, 11) is 0. The van der Waals surface area contributed by atoms with Gasteiger partial charge in [-0.25, -0.2) is 0 Å². The summed E-state index contributed by atoms with van der Waals surface area (Å²) in [6.45, 7) is 2.66. The van der Waals surface area contributed by atoms with Crippen LogP contribution in [0.25, 0.3) is 0 Å². The van der Waals surface area contributed by atoms with Gasteiger partial charge in [0.25, 0.3) is 5.91 Å². The van der Waals surface area contributed by atoms with Gasteiger partial charge < -0.3 is 14.7 Å². The van der Waals surface area contributed by atoms with E-state index in [9.17, 15) is 27.9 Å². The van der Waals surface area contributed by atoms with Gasteiger partial charge in [-0.3, -0.25) is 19.3 Å². The Morgan fingerprint density at radius 1 is 1.14 bits per heavy atom. The smallest absolute Gasteiger partial charge is 0.408 e. The molecule has 2 aromatic carbocycles. The number of thioether (sulfide) groups is 1. The number of hydrogen-bond donors (Lipinski definition) is 1. The lowest BCUT2D eigenvalue weighted by Crippen LogP contribution is -2.60. The van der Waals surface area contributed by atoms with E-state index in [0.29, 0.717) is 23.0 Å². The van der Waals surface area contributed by atoms with E-state index in [1.165, 1.54) is 10.9 Å². The average molecular weight is 532 g/mol. The van der Waals surface area contributed by atoms with Gasteiger partial charge in [0.15, 0.2) is 11.4 Å². The van der Waals surface area contributed by atoms with Gasteiger partial charge in [0.1, 0.15) is 24.5 Å². The van der Waals surface area contributed by atoms with Crippen molar-refractivity contribution in [1.29, 1.82) is 0 Å². The molecule has 0 aliphatic carbocycles. The maximum Gasteiger partial charge on any atom is 0.408 e. The van der Waals surface area contributed by atoms with Crippen LogP contribution < -0.4 is 15.2 Å². The number of aromatic hydroxyl groups is 1. The van der Waals surface area contributed by atoms with Crippen LogP contribution in [0, 0.1) is 0 Å². The number of carbonyl (C=O) groups excluding carboxylic acids is 1. The number of fused-ring (bicyclic) bond motifs is 3. The highest BCUT2D eigenvalue weighted by atomic mass is 32.2. The van der Waals surface area contributed by atoms with Crippen LogP contribution in [0.5, 0.6) is 11.5 Å². The molecule has 5 rings (SSSR count). The van der Waals surface area contributed by atoms with E-state index in [0.717, 1.165) is 34.6 Å². The Morgan fingerprint density at radius 3 is 2.62 bits per heavy atom. The molecular weight excluding hydrogens is 507 g/mol. The first kappa shape index (κ1) is 25.1. The molecule has 0 unspecified atom stereocenters. The summed E-state index contributed by atoms with van der Waals surface area (Å²) in [5, 5.41) is 12.2. The Bertz CT molecular complexity index is 1420. The fraction of sp³-hybridized carbons (Fsp3) is 0.308. The molecule has 2 aliphatic heterocycles. The van der Waals surface area contributed by atoms with Gasteiger partial charge in [-0.15, -0.1) is 11.8 Å². The quantitative estimate of drug-likeness (QED) is 0.529. The Morgan fingerprint density at radius 2 is 1.89 bits per heavy atom. The molecule has 0 spiro atoms. The van der Waals surface area contributed by atoms with Crippen molar-refractivity contribution in [2.45, 2.75) is 42.8 Å². The molecule has 0 radical (unpaired) electrons. The van der Waals surface area contributed by atoms with E-state index in [2.05, 4.69) is 0 Å². The minimum atomic E-state index is -4.72. The number of amides is 1. The molecule has 0 saturated carbocycles. The van der Waals surface area contributed by atoms with Crippen molar-refractivity contribution in [3.05, 3.63) is 87.3 Å². The van der Waals surface area contributed by atoms with Crippen LogP contribution in [-0.2, 0) is 5.75 Å². The zero-order chi connectivity index (χ0) is 26.5. The van der Waals surface area contributed by atoms with Gasteiger partial charge in [0, 0.05) is 28.5 Å². The lowest BCUT2D eigenvalue weighted by molar-refractivity contribution is -0.173. The monoisotopic (exact) mass is 531 g/mol. The zero-order valence-electron chi connectivity index (χ0n) is 20.0. The highest BCUT2D eigenvalue weighted by molar-refractivity contribution is 7.98. The van der Waals surface area contributed by atoms with Crippen molar-refractivity contribution in [1.82, 2.24) is 9.58 Å². The second-order valence-corrected chi connectivity index (χ2v) is 9.80. The minimum Gasteiger partial charge on any atom is -0.502 e. The van der Waals surface area contributed by atoms with Gasteiger partial charge in [-0.2, -0.15) is 13.2 Å². The predicted molar refractivity (Wildman–Crippen MR) is 133 cm³/mol. The second kappa shape index (κ2) is 9.37. The Hall–Kier alpha value is -3.60. The summed E-state index contributed by atoms with van der Waals surface area (Å²) in [6.07, 6.45) is -3.41. The van der Waals surface area contributed by atoms with Gasteiger partial charge in [-0.1, -0.05) is 30.3 Å². The number of benzene rings is 2. The SMILES string of the molecule is CCOc1cccc2c1[C@H](N1CN([C@H](C)C(F)(F)F)C(=O)c3c(O)c(=O)ccn31)c1ccccc1SC2. The summed E-state index contributed by atoms with van der Waals surface area (Å²) in [6, 6.07) is 11.4. The second-order valence-electron chi connectivity index (χ2n) is 8.79. The van der Waals surface area contributed by atoms with Gasteiger partial charge in [0.05, 0.1) is 6.61 Å². The molecule has 3 heterocycles. The van der Waals surface area contributed by atoms with Crippen molar-refractivity contribution < 1.29 is 27.8 Å². The first-order chi connectivity index (χ1) is 17.6. The van der Waals surface area contributed by atoms with Crippen LogP contribution in [0.2, 0.25) is 0 Å². The van der Waals surface area contributed by atoms with Crippen LogP contribution in [0.3, 0.4) is 0 Å². The van der Waals surface area contributed by atoms with Crippen LogP contribution >= 0.6 is 11.8 Å². The van der Waals surface area contributed by atoms with Gasteiger partial charge >= 0.3 is 6.18 Å². The first-order valence-corrected chi connectivity index (χ1v) is 12.7. The largest absolute Gasteiger partial charge is 0.502 e. The summed E-state index contributed by atoms with van der Waals surface area (Å²) < 4.78 is 48.9. The Labute approximate surface area is 215 Å². The normalized spacial score (nSPS) is 18.0. The molecule has 194 valence electrons. The molecule has 2 atom stereocenters. The van der Waals surface area contributed by atoms with Gasteiger partial charge in [0.2, 0.25) is 5.43 Å². The van der Waals surface area contributed by atoms with Crippen molar-refractivity contribution in [2.24, 2.45) is 0 Å². The number of aromatic nitrogens is 1. The molecule has 7 nitrogen and oxygen atoms in total.